The maximum atomic E-state index is 6.71. The molecule has 0 bridgehead atoms. The molecule has 0 saturated heterocycles. The average Bonchev–Trinajstić information content (AvgIpc) is 4.02. The minimum Gasteiger partial charge on any atom is -0.455 e. The fourth-order valence-corrected chi connectivity index (χ4v) is 9.86. The summed E-state index contributed by atoms with van der Waals surface area (Å²) in [5.74, 6) is 0. The lowest BCUT2D eigenvalue weighted by molar-refractivity contribution is 0.627. The third kappa shape index (κ3) is 5.60. The average molecular weight is 807 g/mol. The van der Waals surface area contributed by atoms with Crippen LogP contribution in [-0.4, -0.2) is 9.13 Å². The predicted molar refractivity (Wildman–Crippen MR) is 258 cm³/mol. The summed E-state index contributed by atoms with van der Waals surface area (Å²) in [5, 5.41) is 11.6. The highest BCUT2D eigenvalue weighted by molar-refractivity contribution is 6.11. The van der Waals surface area contributed by atoms with Crippen molar-refractivity contribution in [3.63, 3.8) is 0 Å². The van der Waals surface area contributed by atoms with Gasteiger partial charge in [0, 0.05) is 43.9 Å². The minimum atomic E-state index is -0.326. The number of hydrogen-bond acceptors (Lipinski definition) is 3. The molecule has 4 heterocycles. The van der Waals surface area contributed by atoms with Crippen molar-refractivity contribution in [2.24, 2.45) is 4.99 Å². The lowest BCUT2D eigenvalue weighted by Gasteiger charge is -2.23. The van der Waals surface area contributed by atoms with Gasteiger partial charge in [-0.1, -0.05) is 152 Å². The Balaban J connectivity index is 1.05. The van der Waals surface area contributed by atoms with Crippen LogP contribution in [0.5, 0.6) is 0 Å². The number of para-hydroxylation sites is 4. The van der Waals surface area contributed by atoms with Crippen molar-refractivity contribution in [2.75, 3.05) is 0 Å². The number of aromatic nitrogens is 2. The van der Waals surface area contributed by atoms with Crippen molar-refractivity contribution in [3.8, 4) is 33.6 Å². The first kappa shape index (κ1) is 35.4. The van der Waals surface area contributed by atoms with Crippen LogP contribution in [0, 0.1) is 0 Å². The Bertz CT molecular complexity index is 3880. The van der Waals surface area contributed by atoms with Crippen molar-refractivity contribution < 1.29 is 4.42 Å². The lowest BCUT2D eigenvalue weighted by Crippen LogP contribution is -2.42. The highest BCUT2D eigenvalue weighted by atomic mass is 16.3. The third-order valence-corrected chi connectivity index (χ3v) is 12.7. The molecule has 13 rings (SSSR count). The summed E-state index contributed by atoms with van der Waals surface area (Å²) < 4.78 is 11.5. The standard InChI is InChI=1S/C58H38N4O/c1-4-16-37(17-5-1)40-30-32-51-48(35-40)44-24-10-12-28-50(44)61(51)43-23-14-20-39(34-43)41-31-33-52-49(36-41)55-56(62(52)42-21-8-3-9-22-42)54(59-58(60-55)38-18-6-2-7-19-38)47-27-15-26-46-45-25-11-13-29-53(45)63-57(46)47/h1-36,58-59H. The highest BCUT2D eigenvalue weighted by Gasteiger charge is 2.26. The van der Waals surface area contributed by atoms with Crippen LogP contribution in [0.1, 0.15) is 17.3 Å². The van der Waals surface area contributed by atoms with E-state index in [0.29, 0.717) is 0 Å². The van der Waals surface area contributed by atoms with E-state index in [4.69, 9.17) is 9.41 Å². The molecule has 5 heteroatoms. The minimum absolute atomic E-state index is 0.326. The van der Waals surface area contributed by atoms with Gasteiger partial charge >= 0.3 is 0 Å². The first-order valence-electron chi connectivity index (χ1n) is 21.5. The largest absolute Gasteiger partial charge is 0.455 e. The van der Waals surface area contributed by atoms with Crippen molar-refractivity contribution in [1.82, 2.24) is 14.5 Å². The highest BCUT2D eigenvalue weighted by Crippen LogP contribution is 2.38. The van der Waals surface area contributed by atoms with Crippen LogP contribution >= 0.6 is 0 Å². The molecular weight excluding hydrogens is 769 g/mol. The van der Waals surface area contributed by atoms with E-state index in [0.717, 1.165) is 82.9 Å². The SMILES string of the molecule is c1ccc(-c2ccc3c(c2)c2ccccc2n3-c2cccc(-c3ccc4c(c3)c3c(n4-c4ccccc4)=C(c4cccc5c4oc4ccccc45)NC(c4ccccc4)N=3)c2)cc1. The van der Waals surface area contributed by atoms with Crippen molar-refractivity contribution in [3.05, 3.63) is 240 Å². The molecule has 0 radical (unpaired) electrons. The summed E-state index contributed by atoms with van der Waals surface area (Å²) in [6.07, 6.45) is -0.326. The molecule has 1 N–H and O–H groups in total. The summed E-state index contributed by atoms with van der Waals surface area (Å²) in [6, 6.07) is 77.9. The van der Waals surface area contributed by atoms with Gasteiger partial charge in [-0.15, -0.1) is 0 Å². The number of furan rings is 1. The summed E-state index contributed by atoms with van der Waals surface area (Å²) in [4.78, 5) is 5.59. The van der Waals surface area contributed by atoms with E-state index in [2.05, 4.69) is 221 Å². The van der Waals surface area contributed by atoms with E-state index in [1.54, 1.807) is 0 Å². The summed E-state index contributed by atoms with van der Waals surface area (Å²) in [6.45, 7) is 0. The Morgan fingerprint density at radius 1 is 0.413 bits per heavy atom. The number of nitrogens with one attached hydrogen (secondary N) is 1. The molecule has 1 unspecified atom stereocenters. The van der Waals surface area contributed by atoms with E-state index >= 15 is 0 Å². The van der Waals surface area contributed by atoms with Gasteiger partial charge in [-0.05, 0) is 94.5 Å². The Labute approximate surface area is 362 Å². The van der Waals surface area contributed by atoms with Crippen LogP contribution in [-0.2, 0) is 0 Å². The monoisotopic (exact) mass is 806 g/mol. The molecule has 1 aliphatic rings. The van der Waals surface area contributed by atoms with E-state index in [1.165, 1.54) is 32.9 Å². The molecule has 12 aromatic rings. The van der Waals surface area contributed by atoms with Gasteiger partial charge in [0.1, 0.15) is 17.3 Å². The Hall–Kier alpha value is -8.41. The van der Waals surface area contributed by atoms with Gasteiger partial charge in [-0.3, -0.25) is 4.99 Å². The Morgan fingerprint density at radius 2 is 1.00 bits per heavy atom. The second-order valence-corrected chi connectivity index (χ2v) is 16.3. The van der Waals surface area contributed by atoms with Crippen molar-refractivity contribution in [2.45, 2.75) is 6.17 Å². The zero-order chi connectivity index (χ0) is 41.4. The van der Waals surface area contributed by atoms with Gasteiger partial charge in [-0.2, -0.15) is 0 Å². The predicted octanol–water partition coefficient (Wildman–Crippen LogP) is 13.0. The first-order valence-corrected chi connectivity index (χ1v) is 21.5. The zero-order valence-corrected chi connectivity index (χ0v) is 34.1. The Morgan fingerprint density at radius 3 is 1.83 bits per heavy atom. The number of benzene rings is 9. The number of rotatable bonds is 6. The van der Waals surface area contributed by atoms with E-state index in [9.17, 15) is 0 Å². The summed E-state index contributed by atoms with van der Waals surface area (Å²) in [5.41, 5.74) is 15.1. The van der Waals surface area contributed by atoms with Gasteiger partial charge in [0.25, 0.3) is 0 Å². The number of nitrogens with zero attached hydrogens (tertiary/aromatic N) is 3. The van der Waals surface area contributed by atoms with Crippen LogP contribution in [0.25, 0.3) is 94.0 Å². The zero-order valence-electron chi connectivity index (χ0n) is 34.1. The molecule has 0 fully saturated rings. The molecular formula is C58H38N4O. The van der Waals surface area contributed by atoms with E-state index in [1.807, 2.05) is 12.1 Å². The van der Waals surface area contributed by atoms with Crippen LogP contribution in [0.4, 0.5) is 0 Å². The van der Waals surface area contributed by atoms with Crippen LogP contribution in [0.2, 0.25) is 0 Å². The van der Waals surface area contributed by atoms with Gasteiger partial charge < -0.3 is 18.9 Å². The molecule has 5 nitrogen and oxygen atoms in total. The van der Waals surface area contributed by atoms with E-state index < -0.39 is 0 Å². The molecule has 0 saturated carbocycles. The first-order chi connectivity index (χ1) is 31.2. The molecule has 296 valence electrons. The molecule has 3 aromatic heterocycles. The van der Waals surface area contributed by atoms with Crippen LogP contribution < -0.4 is 16.0 Å². The van der Waals surface area contributed by atoms with E-state index in [-0.39, 0.29) is 6.17 Å². The molecule has 63 heavy (non-hydrogen) atoms. The van der Waals surface area contributed by atoms with Gasteiger partial charge in [0.2, 0.25) is 0 Å². The van der Waals surface area contributed by atoms with Gasteiger partial charge in [-0.25, -0.2) is 0 Å². The topological polar surface area (TPSA) is 47.4 Å². The van der Waals surface area contributed by atoms with Crippen molar-refractivity contribution in [1.29, 1.82) is 0 Å². The number of hydrogen-bond donors (Lipinski definition) is 1. The summed E-state index contributed by atoms with van der Waals surface area (Å²) >= 11 is 0. The maximum absolute atomic E-state index is 6.71. The maximum Gasteiger partial charge on any atom is 0.145 e. The van der Waals surface area contributed by atoms with Gasteiger partial charge in [0.15, 0.2) is 0 Å². The second kappa shape index (κ2) is 14.1. The quantitative estimate of drug-likeness (QED) is 0.182. The molecule has 0 amide bonds. The molecule has 0 spiro atoms. The second-order valence-electron chi connectivity index (χ2n) is 16.3. The fraction of sp³-hybridized carbons (Fsp3) is 0.0172. The fourth-order valence-electron chi connectivity index (χ4n) is 9.86. The smallest absolute Gasteiger partial charge is 0.145 e. The van der Waals surface area contributed by atoms with Crippen LogP contribution in [0.3, 0.4) is 0 Å². The third-order valence-electron chi connectivity index (χ3n) is 12.7. The lowest BCUT2D eigenvalue weighted by atomic mass is 10.0. The number of fused-ring (bicyclic) bond motifs is 9. The Kier molecular flexibility index (Phi) is 7.90. The molecule has 1 aliphatic heterocycles. The normalized spacial score (nSPS) is 13.8. The van der Waals surface area contributed by atoms with Gasteiger partial charge in [0.05, 0.1) is 33.0 Å². The molecule has 9 aromatic carbocycles. The van der Waals surface area contributed by atoms with Crippen LogP contribution in [0.15, 0.2) is 228 Å². The molecule has 1 atom stereocenters. The molecule has 0 aliphatic carbocycles. The van der Waals surface area contributed by atoms with Crippen molar-refractivity contribution >= 4 is 60.3 Å². The summed E-state index contributed by atoms with van der Waals surface area (Å²) in [7, 11) is 0.